The molecule has 0 aromatic heterocycles. The number of aliphatic hydroxyl groups is 1. The van der Waals surface area contributed by atoms with Gasteiger partial charge in [0.05, 0.1) is 0 Å². The van der Waals surface area contributed by atoms with Crippen molar-refractivity contribution in [2.24, 2.45) is 5.41 Å². The Balaban J connectivity index is 2.13. The molecule has 0 fully saturated rings. The number of amides is 1. The van der Waals surface area contributed by atoms with E-state index < -0.39 is 11.0 Å². The van der Waals surface area contributed by atoms with Crippen molar-refractivity contribution in [1.82, 2.24) is 0 Å². The predicted octanol–water partition coefficient (Wildman–Crippen LogP) is 5.48. The number of anilines is 1. The maximum absolute atomic E-state index is 13.0. The van der Waals surface area contributed by atoms with Crippen LogP contribution in [0.5, 0.6) is 0 Å². The van der Waals surface area contributed by atoms with Crippen LogP contribution in [0.4, 0.5) is 5.69 Å². The maximum atomic E-state index is 13.0. The summed E-state index contributed by atoms with van der Waals surface area (Å²) in [7, 11) is 1.82. The van der Waals surface area contributed by atoms with Crippen molar-refractivity contribution in [3.05, 3.63) is 101 Å². The number of hydrogen-bond donors (Lipinski definition) is 1. The molecule has 0 spiro atoms. The Morgan fingerprint density at radius 2 is 1.33 bits per heavy atom. The molecule has 3 aromatic carbocycles. The maximum Gasteiger partial charge on any atom is 0.232 e. The van der Waals surface area contributed by atoms with E-state index in [1.54, 1.807) is 4.90 Å². The second kappa shape index (κ2) is 8.45. The first-order valence-electron chi connectivity index (χ1n) is 10.3. The van der Waals surface area contributed by atoms with Crippen LogP contribution < -0.4 is 4.90 Å². The molecule has 0 unspecified atom stereocenters. The summed E-state index contributed by atoms with van der Waals surface area (Å²) in [5.41, 5.74) is 2.76. The number of carbonyl (C=O) groups excluding carboxylic acids is 1. The van der Waals surface area contributed by atoms with E-state index in [0.29, 0.717) is 6.42 Å². The molecule has 1 amide bonds. The first-order chi connectivity index (χ1) is 14.1. The number of rotatable bonds is 5. The third-order valence-corrected chi connectivity index (χ3v) is 5.55. The van der Waals surface area contributed by atoms with Crippen molar-refractivity contribution in [2.45, 2.75) is 39.7 Å². The van der Waals surface area contributed by atoms with Gasteiger partial charge in [0.1, 0.15) is 5.60 Å². The van der Waals surface area contributed by atoms with E-state index >= 15 is 0 Å². The summed E-state index contributed by atoms with van der Waals surface area (Å²) >= 11 is 0. The molecule has 0 atom stereocenters. The lowest BCUT2D eigenvalue weighted by molar-refractivity contribution is -0.125. The van der Waals surface area contributed by atoms with Crippen molar-refractivity contribution >= 4 is 11.6 Å². The Labute approximate surface area is 180 Å². The van der Waals surface area contributed by atoms with Gasteiger partial charge in [-0.15, -0.1) is 0 Å². The van der Waals surface area contributed by atoms with Crippen molar-refractivity contribution in [3.63, 3.8) is 0 Å². The van der Waals surface area contributed by atoms with Crippen LogP contribution in [0.25, 0.3) is 0 Å². The molecule has 3 aromatic rings. The monoisotopic (exact) mass is 401 g/mol. The van der Waals surface area contributed by atoms with Crippen LogP contribution in [0, 0.1) is 12.3 Å². The van der Waals surface area contributed by atoms with Gasteiger partial charge in [-0.05, 0) is 29.2 Å². The van der Waals surface area contributed by atoms with E-state index in [2.05, 4.69) is 0 Å². The highest BCUT2D eigenvalue weighted by molar-refractivity contribution is 5.97. The van der Waals surface area contributed by atoms with E-state index in [0.717, 1.165) is 27.9 Å². The van der Waals surface area contributed by atoms with E-state index in [1.807, 2.05) is 114 Å². The Kier molecular flexibility index (Phi) is 6.14. The van der Waals surface area contributed by atoms with Gasteiger partial charge in [-0.2, -0.15) is 0 Å². The third kappa shape index (κ3) is 4.31. The van der Waals surface area contributed by atoms with Gasteiger partial charge in [-0.3, -0.25) is 4.79 Å². The largest absolute Gasteiger partial charge is 0.380 e. The average Bonchev–Trinajstić information content (AvgIpc) is 2.73. The molecule has 0 aliphatic carbocycles. The Morgan fingerprint density at radius 1 is 0.833 bits per heavy atom. The lowest BCUT2D eigenvalue weighted by atomic mass is 9.80. The standard InChI is InChI=1S/C27H31NO2/c1-20-13-12-14-21(24(20)28(5)25(29)26(2,3)4)19-27(30,22-15-8-6-9-16-22)23-17-10-7-11-18-23/h6-18,30H,19H2,1-5H3. The summed E-state index contributed by atoms with van der Waals surface area (Å²) in [6.07, 6.45) is 0.361. The van der Waals surface area contributed by atoms with Gasteiger partial charge in [0, 0.05) is 24.6 Å². The second-order valence-corrected chi connectivity index (χ2v) is 8.97. The van der Waals surface area contributed by atoms with Gasteiger partial charge in [-0.1, -0.05) is 99.6 Å². The van der Waals surface area contributed by atoms with Crippen LogP contribution >= 0.6 is 0 Å². The van der Waals surface area contributed by atoms with Gasteiger partial charge in [-0.25, -0.2) is 0 Å². The number of para-hydroxylation sites is 1. The van der Waals surface area contributed by atoms with Crippen LogP contribution in [-0.2, 0) is 16.8 Å². The van der Waals surface area contributed by atoms with E-state index in [1.165, 1.54) is 0 Å². The molecule has 0 radical (unpaired) electrons. The molecular weight excluding hydrogens is 370 g/mol. The molecule has 3 rings (SSSR count). The zero-order chi connectivity index (χ0) is 21.9. The van der Waals surface area contributed by atoms with Crippen molar-refractivity contribution < 1.29 is 9.90 Å². The van der Waals surface area contributed by atoms with Gasteiger partial charge < -0.3 is 10.0 Å². The molecule has 0 aliphatic heterocycles. The molecule has 0 aliphatic rings. The molecule has 3 heteroatoms. The zero-order valence-electron chi connectivity index (χ0n) is 18.5. The smallest absolute Gasteiger partial charge is 0.232 e. The lowest BCUT2D eigenvalue weighted by Gasteiger charge is -2.33. The van der Waals surface area contributed by atoms with Crippen LogP contribution in [0.1, 0.15) is 43.0 Å². The first-order valence-corrected chi connectivity index (χ1v) is 10.3. The quantitative estimate of drug-likeness (QED) is 0.615. The Morgan fingerprint density at radius 3 is 1.80 bits per heavy atom. The third-order valence-electron chi connectivity index (χ3n) is 5.55. The molecule has 30 heavy (non-hydrogen) atoms. The molecule has 1 N–H and O–H groups in total. The minimum Gasteiger partial charge on any atom is -0.380 e. The van der Waals surface area contributed by atoms with E-state index in [9.17, 15) is 9.90 Å². The van der Waals surface area contributed by atoms with Gasteiger partial charge in [0.15, 0.2) is 0 Å². The summed E-state index contributed by atoms with van der Waals surface area (Å²) < 4.78 is 0. The Hall–Kier alpha value is -2.91. The molecular formula is C27H31NO2. The minimum atomic E-state index is -1.21. The molecule has 0 saturated heterocycles. The molecule has 0 bridgehead atoms. The molecule has 156 valence electrons. The van der Waals surface area contributed by atoms with Gasteiger partial charge >= 0.3 is 0 Å². The summed E-state index contributed by atoms with van der Waals surface area (Å²) in [6, 6.07) is 25.5. The van der Waals surface area contributed by atoms with E-state index in [4.69, 9.17) is 0 Å². The number of carbonyl (C=O) groups is 1. The van der Waals surface area contributed by atoms with Gasteiger partial charge in [0.25, 0.3) is 0 Å². The van der Waals surface area contributed by atoms with Crippen molar-refractivity contribution in [1.29, 1.82) is 0 Å². The fourth-order valence-electron chi connectivity index (χ4n) is 4.02. The number of hydrogen-bond acceptors (Lipinski definition) is 2. The summed E-state index contributed by atoms with van der Waals surface area (Å²) in [5, 5.41) is 12.0. The van der Waals surface area contributed by atoms with Crippen LogP contribution in [0.2, 0.25) is 0 Å². The van der Waals surface area contributed by atoms with Gasteiger partial charge in [0.2, 0.25) is 5.91 Å². The normalized spacial score (nSPS) is 11.9. The number of nitrogens with zero attached hydrogens (tertiary/aromatic N) is 1. The minimum absolute atomic E-state index is 0.0426. The summed E-state index contributed by atoms with van der Waals surface area (Å²) in [5.74, 6) is 0.0426. The highest BCUT2D eigenvalue weighted by atomic mass is 16.3. The topological polar surface area (TPSA) is 40.5 Å². The first kappa shape index (κ1) is 21.8. The predicted molar refractivity (Wildman–Crippen MR) is 124 cm³/mol. The Bertz CT molecular complexity index is 965. The SMILES string of the molecule is Cc1cccc(CC(O)(c2ccccc2)c2ccccc2)c1N(C)C(=O)C(C)(C)C. The zero-order valence-corrected chi connectivity index (χ0v) is 18.5. The highest BCUT2D eigenvalue weighted by Crippen LogP contribution is 2.37. The van der Waals surface area contributed by atoms with Crippen LogP contribution in [0.15, 0.2) is 78.9 Å². The average molecular weight is 402 g/mol. The molecule has 3 nitrogen and oxygen atoms in total. The highest BCUT2D eigenvalue weighted by Gasteiger charge is 2.34. The van der Waals surface area contributed by atoms with E-state index in [-0.39, 0.29) is 5.91 Å². The molecule has 0 saturated carbocycles. The van der Waals surface area contributed by atoms with Crippen molar-refractivity contribution in [3.8, 4) is 0 Å². The second-order valence-electron chi connectivity index (χ2n) is 8.97. The summed E-state index contributed by atoms with van der Waals surface area (Å²) in [6.45, 7) is 7.78. The van der Waals surface area contributed by atoms with Crippen LogP contribution in [-0.4, -0.2) is 18.1 Å². The fraction of sp³-hybridized carbons (Fsp3) is 0.296. The number of aryl methyl sites for hydroxylation is 1. The van der Waals surface area contributed by atoms with Crippen LogP contribution in [0.3, 0.4) is 0 Å². The molecule has 0 heterocycles. The van der Waals surface area contributed by atoms with Crippen molar-refractivity contribution in [2.75, 3.05) is 11.9 Å². The lowest BCUT2D eigenvalue weighted by Crippen LogP contribution is -2.38. The number of benzene rings is 3. The fourth-order valence-corrected chi connectivity index (χ4v) is 4.02. The summed E-state index contributed by atoms with van der Waals surface area (Å²) in [4.78, 5) is 14.8.